The molecule has 0 radical (unpaired) electrons. The molecule has 0 atom stereocenters. The summed E-state index contributed by atoms with van der Waals surface area (Å²) in [7, 11) is -1.80. The number of hydrogen-bond acceptors (Lipinski definition) is 7. The first-order chi connectivity index (χ1) is 18.4. The van der Waals surface area contributed by atoms with Crippen LogP contribution >= 0.6 is 0 Å². The molecular weight excluding hydrogens is 530 g/mol. The van der Waals surface area contributed by atoms with Crippen molar-refractivity contribution in [3.05, 3.63) is 64.3 Å². The van der Waals surface area contributed by atoms with Crippen molar-refractivity contribution in [1.29, 1.82) is 0 Å². The van der Waals surface area contributed by atoms with E-state index in [1.54, 1.807) is 46.3 Å². The van der Waals surface area contributed by atoms with Crippen molar-refractivity contribution in [3.8, 4) is 11.1 Å². The fraction of sp³-hybridized carbons (Fsp3) is 0.269. The molecule has 2 aliphatic rings. The van der Waals surface area contributed by atoms with Crippen molar-refractivity contribution < 1.29 is 22.0 Å². The molecule has 1 aromatic carbocycles. The molecule has 4 aromatic rings. The van der Waals surface area contributed by atoms with E-state index < -0.39 is 21.5 Å². The molecule has 0 bridgehead atoms. The van der Waals surface area contributed by atoms with E-state index >= 15 is 4.39 Å². The number of rotatable bonds is 3. The predicted octanol–water partition coefficient (Wildman–Crippen LogP) is 3.03. The molecule has 5 heterocycles. The fourth-order valence-corrected chi connectivity index (χ4v) is 6.33. The molecule has 13 heteroatoms. The Morgan fingerprint density at radius 3 is 2.56 bits per heavy atom. The standard InChI is InChI=1S/C26H24F2N6O4S/c1-14(35)33-5-4-32(13-39(3,37)38)21-7-17-18-12-31(2)26(36)24-23(18)15(9-29-24)11-34(20(17)8-22(21)33)25-19(28)6-16(27)10-30-25/h6-10,12,29H,4-5,11,13H2,1-3H3. The van der Waals surface area contributed by atoms with Gasteiger partial charge < -0.3 is 24.3 Å². The molecule has 0 spiro atoms. The molecule has 0 fully saturated rings. The molecule has 202 valence electrons. The number of halogens is 2. The van der Waals surface area contributed by atoms with Crippen molar-refractivity contribution in [2.75, 3.05) is 39.9 Å². The van der Waals surface area contributed by atoms with Gasteiger partial charge in [-0.15, -0.1) is 0 Å². The molecule has 0 unspecified atom stereocenters. The van der Waals surface area contributed by atoms with Crippen LogP contribution in [0.1, 0.15) is 12.5 Å². The minimum Gasteiger partial charge on any atom is -0.356 e. The Morgan fingerprint density at radius 1 is 1.10 bits per heavy atom. The van der Waals surface area contributed by atoms with E-state index in [9.17, 15) is 22.4 Å². The number of pyridine rings is 2. The summed E-state index contributed by atoms with van der Waals surface area (Å²) in [5.74, 6) is -2.34. The molecular formula is C26H24F2N6O4S. The predicted molar refractivity (Wildman–Crippen MR) is 144 cm³/mol. The highest BCUT2D eigenvalue weighted by molar-refractivity contribution is 7.90. The Labute approximate surface area is 222 Å². The van der Waals surface area contributed by atoms with E-state index in [0.29, 0.717) is 44.7 Å². The van der Waals surface area contributed by atoms with E-state index in [2.05, 4.69) is 9.97 Å². The largest absolute Gasteiger partial charge is 0.356 e. The van der Waals surface area contributed by atoms with Gasteiger partial charge in [0.15, 0.2) is 21.5 Å². The third kappa shape index (κ3) is 4.04. The first-order valence-corrected chi connectivity index (χ1v) is 14.2. The highest BCUT2D eigenvalue weighted by Crippen LogP contribution is 2.49. The summed E-state index contributed by atoms with van der Waals surface area (Å²) in [6, 6.07) is 4.22. The second-order valence-electron chi connectivity index (χ2n) is 9.91. The second kappa shape index (κ2) is 8.63. The topological polar surface area (TPSA) is 112 Å². The van der Waals surface area contributed by atoms with E-state index in [0.717, 1.165) is 18.5 Å². The third-order valence-corrected chi connectivity index (χ3v) is 7.91. The Hall–Kier alpha value is -4.26. The van der Waals surface area contributed by atoms with Gasteiger partial charge >= 0.3 is 0 Å². The second-order valence-corrected chi connectivity index (χ2v) is 12.0. The molecule has 0 aliphatic carbocycles. The van der Waals surface area contributed by atoms with Crippen molar-refractivity contribution in [2.45, 2.75) is 13.5 Å². The van der Waals surface area contributed by atoms with Gasteiger partial charge in [-0.25, -0.2) is 22.2 Å². The molecule has 0 saturated carbocycles. The van der Waals surface area contributed by atoms with Crippen LogP contribution in [-0.4, -0.2) is 54.1 Å². The number of amides is 1. The number of aryl methyl sites for hydroxylation is 1. The van der Waals surface area contributed by atoms with E-state index in [1.165, 1.54) is 11.5 Å². The zero-order chi connectivity index (χ0) is 27.8. The van der Waals surface area contributed by atoms with Gasteiger partial charge in [0.25, 0.3) is 5.56 Å². The van der Waals surface area contributed by atoms with E-state index in [4.69, 9.17) is 0 Å². The monoisotopic (exact) mass is 554 g/mol. The Morgan fingerprint density at radius 2 is 1.87 bits per heavy atom. The molecule has 1 amide bonds. The van der Waals surface area contributed by atoms with Crippen molar-refractivity contribution in [3.63, 3.8) is 0 Å². The van der Waals surface area contributed by atoms with Crippen LogP contribution < -0.4 is 20.3 Å². The zero-order valence-corrected chi connectivity index (χ0v) is 22.1. The highest BCUT2D eigenvalue weighted by Gasteiger charge is 2.33. The maximum atomic E-state index is 15.2. The summed E-state index contributed by atoms with van der Waals surface area (Å²) in [6.07, 6.45) is 5.42. The number of sulfone groups is 1. The summed E-state index contributed by atoms with van der Waals surface area (Å²) in [4.78, 5) is 37.5. The lowest BCUT2D eigenvalue weighted by Crippen LogP contribution is -2.45. The first-order valence-electron chi connectivity index (χ1n) is 12.1. The van der Waals surface area contributed by atoms with Gasteiger partial charge in [0, 0.05) is 68.3 Å². The van der Waals surface area contributed by atoms with Crippen molar-refractivity contribution in [2.24, 2.45) is 7.05 Å². The summed E-state index contributed by atoms with van der Waals surface area (Å²) >= 11 is 0. The van der Waals surface area contributed by atoms with Crippen LogP contribution in [0.4, 0.5) is 31.7 Å². The van der Waals surface area contributed by atoms with Crippen molar-refractivity contribution >= 4 is 49.5 Å². The Balaban J connectivity index is 1.71. The van der Waals surface area contributed by atoms with Crippen LogP contribution in [0.5, 0.6) is 0 Å². The number of hydrogen-bond donors (Lipinski definition) is 1. The molecule has 0 saturated heterocycles. The summed E-state index contributed by atoms with van der Waals surface area (Å²) in [5, 5.41) is 0.637. The SMILES string of the molecule is CC(=O)N1CCN(CS(C)(=O)=O)c2cc3c(cc21)N(c1ncc(F)cc1F)Cc1c[nH]c2c(=O)n(C)cc-3c12. The number of carbonyl (C=O) groups is 1. The van der Waals surface area contributed by atoms with Gasteiger partial charge in [0.1, 0.15) is 17.2 Å². The number of nitrogens with one attached hydrogen (secondary N) is 1. The fourth-order valence-electron chi connectivity index (χ4n) is 5.49. The normalized spacial score (nSPS) is 14.8. The van der Waals surface area contributed by atoms with Crippen LogP contribution in [-0.2, 0) is 28.2 Å². The lowest BCUT2D eigenvalue weighted by molar-refractivity contribution is -0.116. The van der Waals surface area contributed by atoms with E-state index in [-0.39, 0.29) is 42.8 Å². The van der Waals surface area contributed by atoms with Crippen LogP contribution in [0.25, 0.3) is 22.0 Å². The lowest BCUT2D eigenvalue weighted by atomic mass is 9.98. The Bertz CT molecular complexity index is 1870. The number of aromatic nitrogens is 3. The summed E-state index contributed by atoms with van der Waals surface area (Å²) in [5.41, 5.74) is 3.46. The number of H-pyrrole nitrogens is 1. The first kappa shape index (κ1) is 25.0. The van der Waals surface area contributed by atoms with Gasteiger partial charge in [-0.1, -0.05) is 0 Å². The molecule has 39 heavy (non-hydrogen) atoms. The maximum absolute atomic E-state index is 15.2. The number of anilines is 4. The minimum absolute atomic E-state index is 0.0919. The van der Waals surface area contributed by atoms with Gasteiger partial charge in [-0.3, -0.25) is 9.59 Å². The average molecular weight is 555 g/mol. The smallest absolute Gasteiger partial charge is 0.274 e. The van der Waals surface area contributed by atoms with Gasteiger partial charge in [-0.2, -0.15) is 0 Å². The number of benzene rings is 1. The van der Waals surface area contributed by atoms with E-state index in [1.807, 2.05) is 0 Å². The molecule has 6 rings (SSSR count). The molecule has 10 nitrogen and oxygen atoms in total. The molecule has 2 aliphatic heterocycles. The van der Waals surface area contributed by atoms with Crippen molar-refractivity contribution in [1.82, 2.24) is 14.5 Å². The van der Waals surface area contributed by atoms with Gasteiger partial charge in [0.2, 0.25) is 5.91 Å². The van der Waals surface area contributed by atoms with Crippen LogP contribution in [0, 0.1) is 11.6 Å². The van der Waals surface area contributed by atoms with Gasteiger partial charge in [0.05, 0.1) is 29.8 Å². The highest BCUT2D eigenvalue weighted by atomic mass is 32.2. The number of carbonyl (C=O) groups excluding carboxylic acids is 1. The average Bonchev–Trinajstić information content (AvgIpc) is 3.22. The lowest BCUT2D eigenvalue weighted by Gasteiger charge is -2.38. The third-order valence-electron chi connectivity index (χ3n) is 7.13. The maximum Gasteiger partial charge on any atom is 0.274 e. The van der Waals surface area contributed by atoms with Crippen LogP contribution in [0.15, 0.2) is 41.6 Å². The number of nitrogens with zero attached hydrogens (tertiary/aromatic N) is 5. The molecule has 3 aromatic heterocycles. The van der Waals surface area contributed by atoms with Crippen LogP contribution in [0.2, 0.25) is 0 Å². The molecule has 1 N–H and O–H groups in total. The number of aromatic amines is 1. The summed E-state index contributed by atoms with van der Waals surface area (Å²) < 4.78 is 55.0. The van der Waals surface area contributed by atoms with Gasteiger partial charge in [-0.05, 0) is 17.7 Å². The zero-order valence-electron chi connectivity index (χ0n) is 21.3. The number of fused-ring (bicyclic) bond motifs is 3. The Kier molecular flexibility index (Phi) is 5.54. The minimum atomic E-state index is -3.42. The van der Waals surface area contributed by atoms with Crippen LogP contribution in [0.3, 0.4) is 0 Å². The summed E-state index contributed by atoms with van der Waals surface area (Å²) in [6.45, 7) is 2.05. The quantitative estimate of drug-likeness (QED) is 0.414.